The molecule has 0 atom stereocenters. The molecule has 0 N–H and O–H groups in total. The van der Waals surface area contributed by atoms with Gasteiger partial charge in [0.05, 0.1) is 22.1 Å². The van der Waals surface area contributed by atoms with E-state index in [-0.39, 0.29) is 0 Å². The molecule has 2 aromatic heterocycles. The van der Waals surface area contributed by atoms with Crippen LogP contribution in [0.3, 0.4) is 0 Å². The Morgan fingerprint density at radius 3 is 1.32 bits per heavy atom. The van der Waals surface area contributed by atoms with E-state index in [0.29, 0.717) is 0 Å². The largest absolute Gasteiger partial charge is 0.309 e. The van der Waals surface area contributed by atoms with Gasteiger partial charge in [0.15, 0.2) is 0 Å². The van der Waals surface area contributed by atoms with Gasteiger partial charge in [0, 0.05) is 32.9 Å². The quantitative estimate of drug-likeness (QED) is 0.162. The van der Waals surface area contributed by atoms with E-state index in [1.165, 1.54) is 93.8 Å². The highest BCUT2D eigenvalue weighted by Crippen LogP contribution is 2.41. The van der Waals surface area contributed by atoms with Crippen molar-refractivity contribution in [2.24, 2.45) is 0 Å². The standard InChI is InChI=1S/C54H36N2/c1-4-15-37(16-5-1)41-33-42(38-17-6-2-7-18-38)35-43(34-41)39-27-30-45(31-28-39)56-51-25-13-11-22-48(51)54-46(23-14-26-53(54)56)40-29-32-52-49(36-40)47-21-10-12-24-50(47)55(52)44-19-8-3-9-20-44/h1-36H. The van der Waals surface area contributed by atoms with Crippen LogP contribution in [-0.2, 0) is 0 Å². The summed E-state index contributed by atoms with van der Waals surface area (Å²) in [4.78, 5) is 0. The van der Waals surface area contributed by atoms with Crippen molar-refractivity contribution in [2.45, 2.75) is 0 Å². The Hall–Kier alpha value is -7.42. The fourth-order valence-electron chi connectivity index (χ4n) is 8.73. The second-order valence-corrected chi connectivity index (χ2v) is 14.6. The third-order valence-electron chi connectivity index (χ3n) is 11.3. The molecule has 0 amide bonds. The van der Waals surface area contributed by atoms with Gasteiger partial charge in [-0.05, 0) is 117 Å². The SMILES string of the molecule is c1ccc(-c2cc(-c3ccccc3)cc(-c3ccc(-n4c5ccccc5c5c(-c6ccc7c(c6)c6ccccc6n7-c6ccccc6)cccc54)cc3)c2)cc1. The fraction of sp³-hybridized carbons (Fsp3) is 0. The van der Waals surface area contributed by atoms with Crippen LogP contribution < -0.4 is 0 Å². The maximum absolute atomic E-state index is 2.42. The summed E-state index contributed by atoms with van der Waals surface area (Å²) in [7, 11) is 0. The van der Waals surface area contributed by atoms with Crippen LogP contribution in [0.2, 0.25) is 0 Å². The Labute approximate surface area is 325 Å². The first kappa shape index (κ1) is 32.0. The molecular formula is C54H36N2. The lowest BCUT2D eigenvalue weighted by molar-refractivity contribution is 1.18. The van der Waals surface area contributed by atoms with Gasteiger partial charge >= 0.3 is 0 Å². The molecule has 56 heavy (non-hydrogen) atoms. The first-order valence-corrected chi connectivity index (χ1v) is 19.3. The van der Waals surface area contributed by atoms with Crippen molar-refractivity contribution >= 4 is 43.6 Å². The van der Waals surface area contributed by atoms with Crippen LogP contribution in [0.4, 0.5) is 0 Å². The van der Waals surface area contributed by atoms with Crippen LogP contribution in [0.15, 0.2) is 218 Å². The van der Waals surface area contributed by atoms with E-state index in [9.17, 15) is 0 Å². The van der Waals surface area contributed by atoms with Gasteiger partial charge in [-0.25, -0.2) is 0 Å². The lowest BCUT2D eigenvalue weighted by Crippen LogP contribution is -1.94. The fourth-order valence-corrected chi connectivity index (χ4v) is 8.73. The zero-order valence-corrected chi connectivity index (χ0v) is 30.7. The van der Waals surface area contributed by atoms with E-state index in [4.69, 9.17) is 0 Å². The maximum atomic E-state index is 2.42. The highest BCUT2D eigenvalue weighted by molar-refractivity contribution is 6.17. The summed E-state index contributed by atoms with van der Waals surface area (Å²) in [6.07, 6.45) is 0. The molecule has 0 saturated carbocycles. The maximum Gasteiger partial charge on any atom is 0.0547 e. The molecule has 0 radical (unpaired) electrons. The van der Waals surface area contributed by atoms with Crippen LogP contribution in [0.1, 0.15) is 0 Å². The van der Waals surface area contributed by atoms with E-state index in [1.54, 1.807) is 0 Å². The summed E-state index contributed by atoms with van der Waals surface area (Å²) >= 11 is 0. The molecule has 0 aliphatic rings. The molecule has 11 rings (SSSR count). The summed E-state index contributed by atoms with van der Waals surface area (Å²) in [6, 6.07) is 79.4. The van der Waals surface area contributed by atoms with Crippen molar-refractivity contribution < 1.29 is 0 Å². The molecule has 0 spiro atoms. The zero-order valence-electron chi connectivity index (χ0n) is 30.7. The zero-order chi connectivity index (χ0) is 37.0. The predicted molar refractivity (Wildman–Crippen MR) is 237 cm³/mol. The average Bonchev–Trinajstić information content (AvgIpc) is 3.80. The van der Waals surface area contributed by atoms with Crippen molar-refractivity contribution in [3.8, 4) is 55.9 Å². The van der Waals surface area contributed by atoms with Crippen LogP contribution in [-0.4, -0.2) is 9.13 Å². The smallest absolute Gasteiger partial charge is 0.0547 e. The lowest BCUT2D eigenvalue weighted by atomic mass is 9.93. The van der Waals surface area contributed by atoms with Crippen molar-refractivity contribution in [3.05, 3.63) is 218 Å². The molecular weight excluding hydrogens is 677 g/mol. The van der Waals surface area contributed by atoms with E-state index in [0.717, 1.165) is 5.69 Å². The van der Waals surface area contributed by atoms with E-state index in [2.05, 4.69) is 228 Å². The van der Waals surface area contributed by atoms with Gasteiger partial charge in [0.1, 0.15) is 0 Å². The molecule has 9 aromatic carbocycles. The molecule has 2 heterocycles. The van der Waals surface area contributed by atoms with Gasteiger partial charge in [-0.2, -0.15) is 0 Å². The van der Waals surface area contributed by atoms with Gasteiger partial charge in [-0.3, -0.25) is 0 Å². The van der Waals surface area contributed by atoms with E-state index >= 15 is 0 Å². The topological polar surface area (TPSA) is 9.86 Å². The second-order valence-electron chi connectivity index (χ2n) is 14.6. The molecule has 11 aromatic rings. The van der Waals surface area contributed by atoms with Crippen molar-refractivity contribution in [1.29, 1.82) is 0 Å². The number of nitrogens with zero attached hydrogens (tertiary/aromatic N) is 2. The van der Waals surface area contributed by atoms with Gasteiger partial charge in [0.2, 0.25) is 0 Å². The van der Waals surface area contributed by atoms with Gasteiger partial charge in [-0.1, -0.05) is 146 Å². The minimum Gasteiger partial charge on any atom is -0.309 e. The predicted octanol–water partition coefficient (Wildman–Crippen LogP) is 14.5. The number of benzene rings is 9. The summed E-state index contributed by atoms with van der Waals surface area (Å²) in [5.41, 5.74) is 16.8. The lowest BCUT2D eigenvalue weighted by Gasteiger charge is -2.13. The van der Waals surface area contributed by atoms with Gasteiger partial charge in [-0.15, -0.1) is 0 Å². The Balaban J connectivity index is 1.05. The monoisotopic (exact) mass is 712 g/mol. The highest BCUT2D eigenvalue weighted by Gasteiger charge is 2.18. The first-order valence-electron chi connectivity index (χ1n) is 19.3. The Kier molecular flexibility index (Phi) is 7.53. The number of aromatic nitrogens is 2. The average molecular weight is 713 g/mol. The number of fused-ring (bicyclic) bond motifs is 6. The van der Waals surface area contributed by atoms with Crippen LogP contribution in [0.5, 0.6) is 0 Å². The first-order chi connectivity index (χ1) is 27.8. The molecule has 0 fully saturated rings. The number of para-hydroxylation sites is 3. The Morgan fingerprint density at radius 2 is 0.679 bits per heavy atom. The summed E-state index contributed by atoms with van der Waals surface area (Å²) < 4.78 is 4.80. The van der Waals surface area contributed by atoms with Crippen molar-refractivity contribution in [2.75, 3.05) is 0 Å². The molecule has 262 valence electrons. The number of hydrogen-bond acceptors (Lipinski definition) is 0. The number of hydrogen-bond donors (Lipinski definition) is 0. The molecule has 0 aliphatic carbocycles. The third-order valence-corrected chi connectivity index (χ3v) is 11.3. The molecule has 0 bridgehead atoms. The highest BCUT2D eigenvalue weighted by atomic mass is 15.0. The summed E-state index contributed by atoms with van der Waals surface area (Å²) in [5, 5.41) is 5.02. The Morgan fingerprint density at radius 1 is 0.232 bits per heavy atom. The Bertz CT molecular complexity index is 3150. The molecule has 2 nitrogen and oxygen atoms in total. The van der Waals surface area contributed by atoms with E-state index < -0.39 is 0 Å². The molecule has 0 unspecified atom stereocenters. The summed E-state index contributed by atoms with van der Waals surface area (Å²) in [5.74, 6) is 0. The molecule has 2 heteroatoms. The molecule has 0 aliphatic heterocycles. The third kappa shape index (κ3) is 5.26. The minimum atomic E-state index is 1.14. The number of rotatable bonds is 6. The van der Waals surface area contributed by atoms with Crippen LogP contribution in [0.25, 0.3) is 99.5 Å². The normalized spacial score (nSPS) is 11.6. The van der Waals surface area contributed by atoms with Crippen molar-refractivity contribution in [1.82, 2.24) is 9.13 Å². The minimum absolute atomic E-state index is 1.14. The van der Waals surface area contributed by atoms with Crippen LogP contribution in [0, 0.1) is 0 Å². The summed E-state index contributed by atoms with van der Waals surface area (Å²) in [6.45, 7) is 0. The van der Waals surface area contributed by atoms with Gasteiger partial charge in [0.25, 0.3) is 0 Å². The molecule has 0 saturated heterocycles. The van der Waals surface area contributed by atoms with Crippen LogP contribution >= 0.6 is 0 Å². The van der Waals surface area contributed by atoms with Gasteiger partial charge < -0.3 is 9.13 Å². The second kappa shape index (κ2) is 13.2. The van der Waals surface area contributed by atoms with E-state index in [1.807, 2.05) is 0 Å². The van der Waals surface area contributed by atoms with Crippen molar-refractivity contribution in [3.63, 3.8) is 0 Å².